The van der Waals surface area contributed by atoms with Crippen molar-refractivity contribution in [3.05, 3.63) is 24.3 Å². The van der Waals surface area contributed by atoms with E-state index in [9.17, 15) is 0 Å². The van der Waals surface area contributed by atoms with E-state index in [1.54, 1.807) is 38.5 Å². The van der Waals surface area contributed by atoms with Crippen molar-refractivity contribution >= 4 is 0 Å². The van der Waals surface area contributed by atoms with E-state index >= 15 is 0 Å². The quantitative estimate of drug-likeness (QED) is 0.601. The lowest BCUT2D eigenvalue weighted by atomic mass is 9.46. The van der Waals surface area contributed by atoms with Crippen molar-refractivity contribution in [2.75, 3.05) is 0 Å². The molecule has 0 saturated heterocycles. The average Bonchev–Trinajstić information content (AvgIpc) is 2.67. The molecule has 5 aliphatic rings. The lowest BCUT2D eigenvalue weighted by Gasteiger charge is -2.58. The SMILES string of the molecule is C1=CC(C23CC4CC(CC(C4)C2)C3)C=C1. The third-order valence-corrected chi connectivity index (χ3v) is 5.54. The summed E-state index contributed by atoms with van der Waals surface area (Å²) < 4.78 is 0. The van der Waals surface area contributed by atoms with E-state index in [2.05, 4.69) is 24.3 Å². The van der Waals surface area contributed by atoms with Crippen LogP contribution in [0, 0.1) is 29.1 Å². The Hall–Kier alpha value is -0.520. The second-order valence-corrected chi connectivity index (χ2v) is 6.58. The van der Waals surface area contributed by atoms with Crippen LogP contribution in [0.4, 0.5) is 0 Å². The second-order valence-electron chi connectivity index (χ2n) is 6.58. The van der Waals surface area contributed by atoms with Gasteiger partial charge in [0.2, 0.25) is 0 Å². The van der Waals surface area contributed by atoms with Crippen LogP contribution in [0.15, 0.2) is 24.3 Å². The first-order chi connectivity index (χ1) is 7.34. The van der Waals surface area contributed by atoms with Crippen LogP contribution in [0.5, 0.6) is 0 Å². The smallest absolute Gasteiger partial charge is 0.000958 e. The highest BCUT2D eigenvalue weighted by Gasteiger charge is 2.53. The van der Waals surface area contributed by atoms with Crippen LogP contribution < -0.4 is 0 Å². The van der Waals surface area contributed by atoms with Gasteiger partial charge in [0, 0.05) is 5.92 Å². The molecule has 0 atom stereocenters. The number of allylic oxidation sites excluding steroid dienone is 4. The fourth-order valence-corrected chi connectivity index (χ4v) is 5.43. The zero-order chi connectivity index (χ0) is 9.88. The summed E-state index contributed by atoms with van der Waals surface area (Å²) in [4.78, 5) is 0. The maximum Gasteiger partial charge on any atom is 0.000958 e. The van der Waals surface area contributed by atoms with E-state index in [0.717, 1.165) is 23.7 Å². The molecule has 0 aromatic carbocycles. The van der Waals surface area contributed by atoms with E-state index in [1.165, 1.54) is 0 Å². The van der Waals surface area contributed by atoms with Crippen LogP contribution in [-0.2, 0) is 0 Å². The number of rotatable bonds is 1. The Morgan fingerprint density at radius 1 is 0.733 bits per heavy atom. The van der Waals surface area contributed by atoms with Crippen LogP contribution in [0.25, 0.3) is 0 Å². The predicted octanol–water partition coefficient (Wildman–Crippen LogP) is 3.95. The summed E-state index contributed by atoms with van der Waals surface area (Å²) >= 11 is 0. The molecule has 5 rings (SSSR count). The van der Waals surface area contributed by atoms with Gasteiger partial charge in [0.1, 0.15) is 0 Å². The van der Waals surface area contributed by atoms with Crippen molar-refractivity contribution in [3.8, 4) is 0 Å². The summed E-state index contributed by atoms with van der Waals surface area (Å²) in [6.45, 7) is 0. The van der Waals surface area contributed by atoms with Crippen molar-refractivity contribution in [1.29, 1.82) is 0 Å². The van der Waals surface area contributed by atoms with Gasteiger partial charge in [-0.15, -0.1) is 0 Å². The fourth-order valence-electron chi connectivity index (χ4n) is 5.43. The minimum Gasteiger partial charge on any atom is -0.0771 e. The Labute approximate surface area is 92.4 Å². The van der Waals surface area contributed by atoms with E-state index in [1.807, 2.05) is 0 Å². The van der Waals surface area contributed by atoms with Crippen LogP contribution in [0.2, 0.25) is 0 Å². The highest BCUT2D eigenvalue weighted by Crippen LogP contribution is 2.63. The molecule has 0 aliphatic heterocycles. The van der Waals surface area contributed by atoms with Crippen LogP contribution in [0.1, 0.15) is 38.5 Å². The van der Waals surface area contributed by atoms with E-state index < -0.39 is 0 Å². The molecule has 15 heavy (non-hydrogen) atoms. The van der Waals surface area contributed by atoms with Gasteiger partial charge >= 0.3 is 0 Å². The van der Waals surface area contributed by atoms with E-state index in [4.69, 9.17) is 0 Å². The Balaban J connectivity index is 1.71. The topological polar surface area (TPSA) is 0 Å². The Bertz CT molecular complexity index is 287. The highest BCUT2D eigenvalue weighted by molar-refractivity contribution is 5.23. The first-order valence-corrected chi connectivity index (χ1v) is 6.69. The van der Waals surface area contributed by atoms with Crippen LogP contribution in [-0.4, -0.2) is 0 Å². The molecular formula is C15H20. The van der Waals surface area contributed by atoms with Gasteiger partial charge in [-0.1, -0.05) is 24.3 Å². The maximum absolute atomic E-state index is 2.47. The highest BCUT2D eigenvalue weighted by atomic mass is 14.6. The molecule has 0 heteroatoms. The molecule has 4 fully saturated rings. The van der Waals surface area contributed by atoms with Crippen molar-refractivity contribution in [1.82, 2.24) is 0 Å². The van der Waals surface area contributed by atoms with Crippen molar-refractivity contribution in [2.45, 2.75) is 38.5 Å². The number of hydrogen-bond donors (Lipinski definition) is 0. The zero-order valence-electron chi connectivity index (χ0n) is 9.36. The minimum atomic E-state index is 0.707. The monoisotopic (exact) mass is 200 g/mol. The zero-order valence-corrected chi connectivity index (χ0v) is 9.36. The van der Waals surface area contributed by atoms with Crippen molar-refractivity contribution < 1.29 is 0 Å². The Kier molecular flexibility index (Phi) is 1.60. The third-order valence-electron chi connectivity index (χ3n) is 5.54. The van der Waals surface area contributed by atoms with Gasteiger partial charge in [0.15, 0.2) is 0 Å². The second kappa shape index (κ2) is 2.78. The molecule has 4 bridgehead atoms. The lowest BCUT2D eigenvalue weighted by Crippen LogP contribution is -2.48. The van der Waals surface area contributed by atoms with Crippen LogP contribution >= 0.6 is 0 Å². The molecule has 0 spiro atoms. The standard InChI is InChI=1S/C15H20/c1-2-4-14(3-1)15-8-11-5-12(9-15)7-13(6-11)10-15/h1-4,11-14H,5-10H2. The molecule has 0 aromatic heterocycles. The van der Waals surface area contributed by atoms with E-state index in [-0.39, 0.29) is 0 Å². The molecular weight excluding hydrogens is 180 g/mol. The summed E-state index contributed by atoms with van der Waals surface area (Å²) in [5, 5.41) is 0. The summed E-state index contributed by atoms with van der Waals surface area (Å²) in [7, 11) is 0. The van der Waals surface area contributed by atoms with Gasteiger partial charge in [-0.05, 0) is 61.7 Å². The van der Waals surface area contributed by atoms with Gasteiger partial charge < -0.3 is 0 Å². The van der Waals surface area contributed by atoms with E-state index in [0.29, 0.717) is 5.41 Å². The van der Waals surface area contributed by atoms with Crippen LogP contribution in [0.3, 0.4) is 0 Å². The van der Waals surface area contributed by atoms with Gasteiger partial charge in [-0.3, -0.25) is 0 Å². The van der Waals surface area contributed by atoms with Gasteiger partial charge in [0.25, 0.3) is 0 Å². The summed E-state index contributed by atoms with van der Waals surface area (Å²) in [5.41, 5.74) is 0.707. The average molecular weight is 200 g/mol. The first-order valence-electron chi connectivity index (χ1n) is 6.69. The molecule has 0 amide bonds. The minimum absolute atomic E-state index is 0.707. The molecule has 0 heterocycles. The van der Waals surface area contributed by atoms with Gasteiger partial charge in [-0.2, -0.15) is 0 Å². The predicted molar refractivity (Wildman–Crippen MR) is 62.4 cm³/mol. The maximum atomic E-state index is 2.47. The first kappa shape index (κ1) is 8.61. The molecule has 80 valence electrons. The molecule has 5 aliphatic carbocycles. The molecule has 0 nitrogen and oxygen atoms in total. The Morgan fingerprint density at radius 2 is 1.20 bits per heavy atom. The molecule has 4 saturated carbocycles. The summed E-state index contributed by atoms with van der Waals surface area (Å²) in [6, 6.07) is 0. The summed E-state index contributed by atoms with van der Waals surface area (Å²) in [6.07, 6.45) is 18.8. The molecule has 0 radical (unpaired) electrons. The van der Waals surface area contributed by atoms with Crippen molar-refractivity contribution in [2.24, 2.45) is 29.1 Å². The summed E-state index contributed by atoms with van der Waals surface area (Å²) in [5.74, 6) is 4.09. The lowest BCUT2D eigenvalue weighted by molar-refractivity contribution is -0.0666. The normalized spacial score (nSPS) is 51.9. The fraction of sp³-hybridized carbons (Fsp3) is 0.733. The number of hydrogen-bond acceptors (Lipinski definition) is 0. The van der Waals surface area contributed by atoms with Crippen molar-refractivity contribution in [3.63, 3.8) is 0 Å². The van der Waals surface area contributed by atoms with Gasteiger partial charge in [0.05, 0.1) is 0 Å². The van der Waals surface area contributed by atoms with Gasteiger partial charge in [-0.25, -0.2) is 0 Å². The Morgan fingerprint density at radius 3 is 1.67 bits per heavy atom. The molecule has 0 aromatic rings. The molecule has 0 N–H and O–H groups in total. The largest absolute Gasteiger partial charge is 0.0771 e. The molecule has 0 unspecified atom stereocenters. The third kappa shape index (κ3) is 1.14.